The van der Waals surface area contributed by atoms with Crippen LogP contribution in [-0.2, 0) is 37.2 Å². The number of phosphoric acid groups is 1. The van der Waals surface area contributed by atoms with Gasteiger partial charge in [0.25, 0.3) is 0 Å². The van der Waals surface area contributed by atoms with Crippen molar-refractivity contribution < 1.29 is 37.2 Å². The third-order valence-electron chi connectivity index (χ3n) is 4.85. The average Bonchev–Trinajstić information content (AvgIpc) is 2.84. The Bertz CT molecular complexity index is 549. The Morgan fingerprint density at radius 2 is 0.912 bits per heavy atom. The van der Waals surface area contributed by atoms with Crippen LogP contribution in [0.3, 0.4) is 0 Å². The summed E-state index contributed by atoms with van der Waals surface area (Å²) < 4.78 is 39.1. The molecule has 0 fully saturated rings. The molecule has 0 atom stereocenters. The fourth-order valence-corrected chi connectivity index (χ4v) is 4.29. The molecule has 0 saturated heterocycles. The van der Waals surface area contributed by atoms with Gasteiger partial charge in [-0.05, 0) is 32.1 Å². The number of rotatable bonds is 25. The zero-order valence-electron chi connectivity index (χ0n) is 21.0. The van der Waals surface area contributed by atoms with E-state index in [1.54, 1.807) is 0 Å². The van der Waals surface area contributed by atoms with E-state index in [0.717, 1.165) is 83.5 Å². The first-order valence-corrected chi connectivity index (χ1v) is 14.1. The second-order valence-electron chi connectivity index (χ2n) is 7.93. The molecular formula is C25H45O8P. The second kappa shape index (κ2) is 23.3. The summed E-state index contributed by atoms with van der Waals surface area (Å²) in [7, 11) is -3.51. The Kier molecular flexibility index (Phi) is 22.3. The number of hydrogen-bond donors (Lipinski definition) is 0. The largest absolute Gasteiger partial charge is 0.474 e. The van der Waals surface area contributed by atoms with Crippen LogP contribution in [0.2, 0.25) is 0 Å². The van der Waals surface area contributed by atoms with Gasteiger partial charge < -0.3 is 9.47 Å². The number of esters is 2. The van der Waals surface area contributed by atoms with Crippen LogP contribution in [0.25, 0.3) is 0 Å². The summed E-state index contributed by atoms with van der Waals surface area (Å²) in [4.78, 5) is 21.9. The number of ether oxygens (including phenoxy) is 2. The monoisotopic (exact) mass is 504 g/mol. The van der Waals surface area contributed by atoms with E-state index in [1.807, 2.05) is 6.92 Å². The molecule has 0 rings (SSSR count). The van der Waals surface area contributed by atoms with Gasteiger partial charge in [-0.2, -0.15) is 0 Å². The molecule has 0 heterocycles. The van der Waals surface area contributed by atoms with Gasteiger partial charge in [0.05, 0.1) is 33.0 Å². The minimum absolute atomic E-state index is 0.337. The number of carbonyl (C=O) groups excluding carboxylic acids is 2. The molecule has 198 valence electrons. The Balaban J connectivity index is 3.78. The van der Waals surface area contributed by atoms with E-state index in [1.165, 1.54) is 12.2 Å². The normalized spacial score (nSPS) is 11.2. The topological polar surface area (TPSA) is 97.4 Å². The first-order valence-electron chi connectivity index (χ1n) is 12.6. The van der Waals surface area contributed by atoms with E-state index in [9.17, 15) is 14.2 Å². The number of hydrogen-bond acceptors (Lipinski definition) is 8. The third-order valence-corrected chi connectivity index (χ3v) is 6.35. The van der Waals surface area contributed by atoms with Gasteiger partial charge >= 0.3 is 19.8 Å². The molecule has 0 saturated carbocycles. The van der Waals surface area contributed by atoms with Crippen molar-refractivity contribution in [2.45, 2.75) is 90.4 Å². The Morgan fingerprint density at radius 1 is 0.588 bits per heavy atom. The third kappa shape index (κ3) is 21.1. The maximum atomic E-state index is 12.8. The van der Waals surface area contributed by atoms with Crippen LogP contribution in [0.1, 0.15) is 90.4 Å². The molecule has 9 heteroatoms. The lowest BCUT2D eigenvalue weighted by molar-refractivity contribution is -0.138. The van der Waals surface area contributed by atoms with E-state index >= 15 is 0 Å². The summed E-state index contributed by atoms with van der Waals surface area (Å²) in [6.07, 6.45) is 14.4. The summed E-state index contributed by atoms with van der Waals surface area (Å²) in [5.74, 6) is -0.760. The zero-order chi connectivity index (χ0) is 25.3. The predicted molar refractivity (Wildman–Crippen MR) is 133 cm³/mol. The summed E-state index contributed by atoms with van der Waals surface area (Å²) in [5, 5.41) is 0. The molecule has 0 aromatic rings. The summed E-state index contributed by atoms with van der Waals surface area (Å²) in [6.45, 7) is 10.5. The molecule has 0 amide bonds. The van der Waals surface area contributed by atoms with E-state index < -0.39 is 7.82 Å². The molecule has 0 bridgehead atoms. The summed E-state index contributed by atoms with van der Waals surface area (Å²) in [6, 6.07) is 0. The van der Waals surface area contributed by atoms with Crippen LogP contribution < -0.4 is 0 Å². The molecule has 0 aliphatic rings. The van der Waals surface area contributed by atoms with Crippen LogP contribution in [-0.4, -0.2) is 45.0 Å². The molecule has 8 nitrogen and oxygen atoms in total. The first-order chi connectivity index (χ1) is 16.5. The Hall–Kier alpha value is -1.47. The number of carbonyl (C=O) groups is 2. The van der Waals surface area contributed by atoms with Crippen molar-refractivity contribution in [3.8, 4) is 0 Å². The lowest BCUT2D eigenvalue weighted by Gasteiger charge is -2.17. The van der Waals surface area contributed by atoms with Crippen molar-refractivity contribution >= 4 is 19.8 Å². The van der Waals surface area contributed by atoms with Crippen molar-refractivity contribution in [3.63, 3.8) is 0 Å². The standard InChI is InChI=1S/C25H45O8P/c1-4-19-31-34(28,32-22-17-13-9-7-11-15-20-29-24(26)5-2)33-23-18-14-10-8-12-16-21-30-25(27)6-3/h5-6H,2-4,7-23H2,1H3. The van der Waals surface area contributed by atoms with Crippen LogP contribution in [0, 0.1) is 0 Å². The quantitative estimate of drug-likeness (QED) is 0.0587. The fourth-order valence-electron chi connectivity index (χ4n) is 2.95. The molecule has 0 spiro atoms. The van der Waals surface area contributed by atoms with Crippen LogP contribution in [0.15, 0.2) is 25.3 Å². The highest BCUT2D eigenvalue weighted by atomic mass is 31.2. The fraction of sp³-hybridized carbons (Fsp3) is 0.760. The van der Waals surface area contributed by atoms with Gasteiger partial charge in [-0.25, -0.2) is 14.2 Å². The van der Waals surface area contributed by atoms with Gasteiger partial charge in [0.1, 0.15) is 0 Å². The van der Waals surface area contributed by atoms with Crippen LogP contribution in [0.5, 0.6) is 0 Å². The van der Waals surface area contributed by atoms with Gasteiger partial charge in [0, 0.05) is 12.2 Å². The first kappa shape index (κ1) is 32.5. The molecule has 34 heavy (non-hydrogen) atoms. The zero-order valence-corrected chi connectivity index (χ0v) is 21.9. The molecule has 0 radical (unpaired) electrons. The predicted octanol–water partition coefficient (Wildman–Crippen LogP) is 6.69. The highest BCUT2D eigenvalue weighted by Gasteiger charge is 2.25. The molecule has 0 aliphatic heterocycles. The number of phosphoric ester groups is 1. The van der Waals surface area contributed by atoms with Gasteiger partial charge in [0.2, 0.25) is 0 Å². The molecule has 0 aromatic carbocycles. The smallest absolute Gasteiger partial charge is 0.463 e. The molecular weight excluding hydrogens is 459 g/mol. The minimum Gasteiger partial charge on any atom is -0.463 e. The summed E-state index contributed by atoms with van der Waals surface area (Å²) >= 11 is 0. The number of unbranched alkanes of at least 4 members (excludes halogenated alkanes) is 10. The minimum atomic E-state index is -3.51. The lowest BCUT2D eigenvalue weighted by atomic mass is 10.1. The highest BCUT2D eigenvalue weighted by molar-refractivity contribution is 7.48. The van der Waals surface area contributed by atoms with Crippen molar-refractivity contribution in [1.29, 1.82) is 0 Å². The molecule has 0 aromatic heterocycles. The van der Waals surface area contributed by atoms with Crippen molar-refractivity contribution in [3.05, 3.63) is 25.3 Å². The van der Waals surface area contributed by atoms with E-state index in [4.69, 9.17) is 23.0 Å². The highest BCUT2D eigenvalue weighted by Crippen LogP contribution is 2.49. The SMILES string of the molecule is C=CC(=O)OCCCCCCCCOP(=O)(OCCC)OCCCCCCCCOC(=O)C=C. The van der Waals surface area contributed by atoms with Crippen molar-refractivity contribution in [2.24, 2.45) is 0 Å². The summed E-state index contributed by atoms with van der Waals surface area (Å²) in [5.41, 5.74) is 0. The average molecular weight is 505 g/mol. The maximum Gasteiger partial charge on any atom is 0.474 e. The van der Waals surface area contributed by atoms with Gasteiger partial charge in [0.15, 0.2) is 0 Å². The van der Waals surface area contributed by atoms with Crippen LogP contribution in [0.4, 0.5) is 0 Å². The van der Waals surface area contributed by atoms with Gasteiger partial charge in [-0.15, -0.1) is 0 Å². The van der Waals surface area contributed by atoms with Gasteiger partial charge in [-0.3, -0.25) is 13.6 Å². The maximum absolute atomic E-state index is 12.8. The Morgan fingerprint density at radius 3 is 1.26 bits per heavy atom. The second-order valence-corrected chi connectivity index (χ2v) is 9.60. The Labute approximate surface area is 206 Å². The van der Waals surface area contributed by atoms with Crippen molar-refractivity contribution in [1.82, 2.24) is 0 Å². The van der Waals surface area contributed by atoms with E-state index in [2.05, 4.69) is 13.2 Å². The van der Waals surface area contributed by atoms with E-state index in [0.29, 0.717) is 33.0 Å². The lowest BCUT2D eigenvalue weighted by Crippen LogP contribution is -2.04. The van der Waals surface area contributed by atoms with Gasteiger partial charge in [-0.1, -0.05) is 71.4 Å². The van der Waals surface area contributed by atoms with Crippen molar-refractivity contribution in [2.75, 3.05) is 33.0 Å². The molecule has 0 N–H and O–H groups in total. The van der Waals surface area contributed by atoms with E-state index in [-0.39, 0.29) is 11.9 Å². The molecule has 0 unspecified atom stereocenters. The van der Waals surface area contributed by atoms with Crippen LogP contribution >= 0.6 is 7.82 Å². The molecule has 0 aliphatic carbocycles.